The first kappa shape index (κ1) is 13.4. The van der Waals surface area contributed by atoms with Crippen LogP contribution >= 0.6 is 0 Å². The quantitative estimate of drug-likeness (QED) is 0.881. The number of carbonyl (C=O) groups excluding carboxylic acids is 1. The minimum atomic E-state index is -0.420. The third-order valence-electron chi connectivity index (χ3n) is 3.56. The Morgan fingerprint density at radius 3 is 2.63 bits per heavy atom. The van der Waals surface area contributed by atoms with Crippen molar-refractivity contribution < 1.29 is 4.79 Å². The van der Waals surface area contributed by atoms with Crippen LogP contribution in [0.2, 0.25) is 0 Å². The molecule has 0 bridgehead atoms. The molecule has 1 unspecified atom stereocenters. The molecule has 4 heteroatoms. The molecule has 1 aliphatic rings. The Labute approximate surface area is 114 Å². The molecule has 0 aromatic heterocycles. The fraction of sp³-hybridized carbons (Fsp3) is 0.467. The minimum Gasteiger partial charge on any atom is -0.352 e. The van der Waals surface area contributed by atoms with E-state index in [1.807, 2.05) is 31.2 Å². The van der Waals surface area contributed by atoms with Crippen LogP contribution in [-0.4, -0.2) is 24.0 Å². The third kappa shape index (κ3) is 2.55. The van der Waals surface area contributed by atoms with Crippen molar-refractivity contribution in [3.8, 4) is 6.07 Å². The van der Waals surface area contributed by atoms with Crippen molar-refractivity contribution in [1.29, 1.82) is 5.26 Å². The SMILES string of the molecule is Cc1ccc(N2C(CC#N)C(=O)NCC2(C)C)cc1. The highest BCUT2D eigenvalue weighted by Crippen LogP contribution is 2.30. The molecule has 1 N–H and O–H groups in total. The summed E-state index contributed by atoms with van der Waals surface area (Å²) in [6.45, 7) is 6.78. The molecule has 19 heavy (non-hydrogen) atoms. The molecule has 1 fully saturated rings. The van der Waals surface area contributed by atoms with Gasteiger partial charge in [-0.25, -0.2) is 0 Å². The molecule has 1 aromatic rings. The predicted molar refractivity (Wildman–Crippen MR) is 74.8 cm³/mol. The van der Waals surface area contributed by atoms with Gasteiger partial charge in [-0.15, -0.1) is 0 Å². The van der Waals surface area contributed by atoms with E-state index in [4.69, 9.17) is 5.26 Å². The Bertz CT molecular complexity index is 513. The van der Waals surface area contributed by atoms with Crippen molar-refractivity contribution >= 4 is 11.6 Å². The Morgan fingerprint density at radius 1 is 1.42 bits per heavy atom. The van der Waals surface area contributed by atoms with Crippen LogP contribution in [0.1, 0.15) is 25.8 Å². The summed E-state index contributed by atoms with van der Waals surface area (Å²) in [5.41, 5.74) is 1.97. The Hall–Kier alpha value is -2.02. The van der Waals surface area contributed by atoms with E-state index in [2.05, 4.69) is 30.1 Å². The van der Waals surface area contributed by atoms with Crippen LogP contribution in [0.5, 0.6) is 0 Å². The zero-order valence-corrected chi connectivity index (χ0v) is 11.6. The van der Waals surface area contributed by atoms with Crippen LogP contribution in [0, 0.1) is 18.3 Å². The average Bonchev–Trinajstić information content (AvgIpc) is 2.36. The molecule has 1 amide bonds. The number of rotatable bonds is 2. The van der Waals surface area contributed by atoms with Crippen LogP contribution in [-0.2, 0) is 4.79 Å². The summed E-state index contributed by atoms with van der Waals surface area (Å²) >= 11 is 0. The lowest BCUT2D eigenvalue weighted by molar-refractivity contribution is -0.124. The number of anilines is 1. The van der Waals surface area contributed by atoms with Gasteiger partial charge in [0.1, 0.15) is 6.04 Å². The number of nitriles is 1. The topological polar surface area (TPSA) is 56.1 Å². The Kier molecular flexibility index (Phi) is 3.48. The standard InChI is InChI=1S/C15H19N3O/c1-11-4-6-12(7-5-11)18-13(8-9-16)14(19)17-10-15(18,2)3/h4-7,13H,8,10H2,1-3H3,(H,17,19). The third-order valence-corrected chi connectivity index (χ3v) is 3.56. The molecule has 2 rings (SSSR count). The largest absolute Gasteiger partial charge is 0.352 e. The lowest BCUT2D eigenvalue weighted by Gasteiger charge is -2.48. The molecule has 0 aliphatic carbocycles. The van der Waals surface area contributed by atoms with Gasteiger partial charge in [0.25, 0.3) is 0 Å². The van der Waals surface area contributed by atoms with Crippen LogP contribution in [0.4, 0.5) is 5.69 Å². The van der Waals surface area contributed by atoms with Crippen molar-refractivity contribution in [2.45, 2.75) is 38.8 Å². The first-order valence-corrected chi connectivity index (χ1v) is 6.46. The molecule has 1 atom stereocenters. The predicted octanol–water partition coefficient (Wildman–Crippen LogP) is 1.99. The van der Waals surface area contributed by atoms with E-state index in [-0.39, 0.29) is 17.9 Å². The number of carbonyl (C=O) groups is 1. The number of aryl methyl sites for hydroxylation is 1. The second kappa shape index (κ2) is 4.93. The Morgan fingerprint density at radius 2 is 2.05 bits per heavy atom. The summed E-state index contributed by atoms with van der Waals surface area (Å²) in [4.78, 5) is 14.1. The number of benzene rings is 1. The van der Waals surface area contributed by atoms with Gasteiger partial charge in [0.15, 0.2) is 0 Å². The highest BCUT2D eigenvalue weighted by Gasteiger charge is 2.41. The summed E-state index contributed by atoms with van der Waals surface area (Å²) in [5, 5.41) is 11.8. The van der Waals surface area contributed by atoms with E-state index in [1.165, 1.54) is 5.56 Å². The molecule has 0 spiro atoms. The number of amides is 1. The number of nitrogens with one attached hydrogen (secondary N) is 1. The Balaban J connectivity index is 2.42. The molecule has 1 aliphatic heterocycles. The van der Waals surface area contributed by atoms with Crippen LogP contribution in [0.25, 0.3) is 0 Å². The van der Waals surface area contributed by atoms with Crippen LogP contribution in [0.15, 0.2) is 24.3 Å². The summed E-state index contributed by atoms with van der Waals surface area (Å²) in [7, 11) is 0. The molecule has 0 saturated carbocycles. The van der Waals surface area contributed by atoms with E-state index < -0.39 is 6.04 Å². The lowest BCUT2D eigenvalue weighted by atomic mass is 9.93. The van der Waals surface area contributed by atoms with Crippen LogP contribution < -0.4 is 10.2 Å². The van der Waals surface area contributed by atoms with Gasteiger partial charge < -0.3 is 10.2 Å². The number of hydrogen-bond acceptors (Lipinski definition) is 3. The second-order valence-electron chi connectivity index (χ2n) is 5.61. The summed E-state index contributed by atoms with van der Waals surface area (Å²) in [6.07, 6.45) is 0.198. The van der Waals surface area contributed by atoms with Crippen molar-refractivity contribution in [2.24, 2.45) is 0 Å². The number of piperazine rings is 1. The van der Waals surface area contributed by atoms with Gasteiger partial charge in [-0.3, -0.25) is 4.79 Å². The highest BCUT2D eigenvalue weighted by molar-refractivity contribution is 5.87. The van der Waals surface area contributed by atoms with E-state index >= 15 is 0 Å². The lowest BCUT2D eigenvalue weighted by Crippen LogP contribution is -2.65. The maximum Gasteiger partial charge on any atom is 0.243 e. The first-order valence-electron chi connectivity index (χ1n) is 6.46. The minimum absolute atomic E-state index is 0.0681. The first-order chi connectivity index (χ1) is 8.95. The van der Waals surface area contributed by atoms with Gasteiger partial charge in [0.2, 0.25) is 5.91 Å². The fourth-order valence-electron chi connectivity index (χ4n) is 2.55. The van der Waals surface area contributed by atoms with Gasteiger partial charge in [-0.05, 0) is 32.9 Å². The van der Waals surface area contributed by atoms with Gasteiger partial charge in [0, 0.05) is 12.2 Å². The molecule has 100 valence electrons. The van der Waals surface area contributed by atoms with Crippen molar-refractivity contribution in [2.75, 3.05) is 11.4 Å². The van der Waals surface area contributed by atoms with Crippen molar-refractivity contribution in [3.63, 3.8) is 0 Å². The summed E-state index contributed by atoms with van der Waals surface area (Å²) in [5.74, 6) is -0.0681. The van der Waals surface area contributed by atoms with Crippen molar-refractivity contribution in [3.05, 3.63) is 29.8 Å². The van der Waals surface area contributed by atoms with Gasteiger partial charge in [0.05, 0.1) is 18.0 Å². The highest BCUT2D eigenvalue weighted by atomic mass is 16.2. The van der Waals surface area contributed by atoms with Gasteiger partial charge in [-0.2, -0.15) is 5.26 Å². The van der Waals surface area contributed by atoms with E-state index in [1.54, 1.807) is 0 Å². The summed E-state index contributed by atoms with van der Waals surface area (Å²) < 4.78 is 0. The van der Waals surface area contributed by atoms with E-state index in [0.717, 1.165) is 5.69 Å². The monoisotopic (exact) mass is 257 g/mol. The smallest absolute Gasteiger partial charge is 0.243 e. The normalized spacial score (nSPS) is 21.7. The van der Waals surface area contributed by atoms with E-state index in [0.29, 0.717) is 6.54 Å². The summed E-state index contributed by atoms with van der Waals surface area (Å²) in [6, 6.07) is 9.78. The molecular weight excluding hydrogens is 238 g/mol. The molecule has 4 nitrogen and oxygen atoms in total. The zero-order valence-electron chi connectivity index (χ0n) is 11.6. The second-order valence-corrected chi connectivity index (χ2v) is 5.61. The van der Waals surface area contributed by atoms with Crippen LogP contribution in [0.3, 0.4) is 0 Å². The molecule has 1 saturated heterocycles. The van der Waals surface area contributed by atoms with Crippen molar-refractivity contribution in [1.82, 2.24) is 5.32 Å². The molecule has 1 aromatic carbocycles. The fourth-order valence-corrected chi connectivity index (χ4v) is 2.55. The molecule has 1 heterocycles. The van der Waals surface area contributed by atoms with Gasteiger partial charge in [-0.1, -0.05) is 17.7 Å². The maximum absolute atomic E-state index is 12.0. The maximum atomic E-state index is 12.0. The average molecular weight is 257 g/mol. The molecule has 0 radical (unpaired) electrons. The van der Waals surface area contributed by atoms with Gasteiger partial charge >= 0.3 is 0 Å². The van der Waals surface area contributed by atoms with E-state index in [9.17, 15) is 4.79 Å². The molecular formula is C15H19N3O. The number of nitrogens with zero attached hydrogens (tertiary/aromatic N) is 2. The number of hydrogen-bond donors (Lipinski definition) is 1. The zero-order chi connectivity index (χ0) is 14.0.